The van der Waals surface area contributed by atoms with Crippen molar-refractivity contribution in [2.75, 3.05) is 18.6 Å². The van der Waals surface area contributed by atoms with E-state index in [4.69, 9.17) is 0 Å². The van der Waals surface area contributed by atoms with Gasteiger partial charge in [0.1, 0.15) is 16.5 Å². The van der Waals surface area contributed by atoms with Crippen molar-refractivity contribution in [2.24, 2.45) is 0 Å². The van der Waals surface area contributed by atoms with E-state index in [2.05, 4.69) is 4.72 Å². The van der Waals surface area contributed by atoms with Crippen LogP contribution in [0.1, 0.15) is 6.92 Å². The fourth-order valence-corrected chi connectivity index (χ4v) is 3.35. The van der Waals surface area contributed by atoms with Crippen molar-refractivity contribution in [3.8, 4) is 0 Å². The van der Waals surface area contributed by atoms with Crippen molar-refractivity contribution < 1.29 is 22.3 Å². The number of halogens is 2. The third kappa shape index (κ3) is 4.72. The highest BCUT2D eigenvalue weighted by Gasteiger charge is 2.25. The van der Waals surface area contributed by atoms with Crippen LogP contribution in [0.2, 0.25) is 0 Å². The number of benzene rings is 1. The lowest BCUT2D eigenvalue weighted by molar-refractivity contribution is 0.0908. The molecule has 1 rings (SSSR count). The highest BCUT2D eigenvalue weighted by molar-refractivity contribution is 7.98. The number of nitrogens with one attached hydrogen (secondary N) is 1. The van der Waals surface area contributed by atoms with Crippen molar-refractivity contribution in [3.05, 3.63) is 29.8 Å². The number of sulfonamides is 1. The molecule has 1 aromatic carbocycles. The third-order valence-electron chi connectivity index (χ3n) is 2.28. The predicted molar refractivity (Wildman–Crippen MR) is 70.6 cm³/mol. The maximum Gasteiger partial charge on any atom is 0.243 e. The van der Waals surface area contributed by atoms with E-state index in [0.717, 1.165) is 12.1 Å². The zero-order valence-electron chi connectivity index (χ0n) is 10.5. The van der Waals surface area contributed by atoms with Gasteiger partial charge >= 0.3 is 0 Å². The molecule has 1 unspecified atom stereocenters. The molecule has 19 heavy (non-hydrogen) atoms. The molecule has 0 aliphatic heterocycles. The fourth-order valence-electron chi connectivity index (χ4n) is 1.37. The van der Waals surface area contributed by atoms with Gasteiger partial charge in [-0.15, -0.1) is 0 Å². The number of rotatable bonds is 6. The Morgan fingerprint density at radius 3 is 2.63 bits per heavy atom. The van der Waals surface area contributed by atoms with Gasteiger partial charge in [0.05, 0.1) is 5.60 Å². The van der Waals surface area contributed by atoms with Gasteiger partial charge in [-0.1, -0.05) is 0 Å². The molecule has 0 aliphatic carbocycles. The molecule has 0 aliphatic rings. The van der Waals surface area contributed by atoms with E-state index < -0.39 is 32.2 Å². The lowest BCUT2D eigenvalue weighted by Crippen LogP contribution is -2.42. The minimum atomic E-state index is -4.20. The number of hydrogen-bond acceptors (Lipinski definition) is 4. The van der Waals surface area contributed by atoms with E-state index in [1.165, 1.54) is 18.7 Å². The van der Waals surface area contributed by atoms with E-state index >= 15 is 0 Å². The number of aliphatic hydroxyl groups is 1. The molecule has 0 aromatic heterocycles. The molecule has 0 spiro atoms. The summed E-state index contributed by atoms with van der Waals surface area (Å²) in [6.07, 6.45) is 1.76. The standard InChI is InChI=1S/C11H15F2NO3S2/c1-11(15,7-18-2)6-14-19(16,17)10-5-8(12)3-4-9(10)13/h3-5,14-15H,6-7H2,1-2H3. The SMILES string of the molecule is CSCC(C)(O)CNS(=O)(=O)c1cc(F)ccc1F. The van der Waals surface area contributed by atoms with Gasteiger partial charge in [0.25, 0.3) is 0 Å². The Morgan fingerprint density at radius 1 is 1.42 bits per heavy atom. The summed E-state index contributed by atoms with van der Waals surface area (Å²) in [7, 11) is -4.20. The largest absolute Gasteiger partial charge is 0.388 e. The average Bonchev–Trinajstić information content (AvgIpc) is 2.30. The molecule has 0 radical (unpaired) electrons. The van der Waals surface area contributed by atoms with Gasteiger partial charge in [0.2, 0.25) is 10.0 Å². The maximum atomic E-state index is 13.4. The van der Waals surface area contributed by atoms with Gasteiger partial charge in [-0.2, -0.15) is 11.8 Å². The van der Waals surface area contributed by atoms with Gasteiger partial charge in [-0.3, -0.25) is 0 Å². The molecular weight excluding hydrogens is 296 g/mol. The summed E-state index contributed by atoms with van der Waals surface area (Å²) in [4.78, 5) is -0.771. The second-order valence-electron chi connectivity index (χ2n) is 4.33. The summed E-state index contributed by atoms with van der Waals surface area (Å²) in [5, 5.41) is 9.83. The van der Waals surface area contributed by atoms with E-state index in [-0.39, 0.29) is 6.54 Å². The summed E-state index contributed by atoms with van der Waals surface area (Å²) in [5.41, 5.74) is -1.27. The molecule has 2 N–H and O–H groups in total. The Balaban J connectivity index is 2.90. The summed E-state index contributed by atoms with van der Waals surface area (Å²) in [6.45, 7) is 1.17. The molecule has 1 atom stereocenters. The van der Waals surface area contributed by atoms with Crippen molar-refractivity contribution >= 4 is 21.8 Å². The molecule has 0 amide bonds. The summed E-state index contributed by atoms with van der Waals surface area (Å²) in [5.74, 6) is -1.59. The lowest BCUT2D eigenvalue weighted by atomic mass is 10.1. The second kappa shape index (κ2) is 6.17. The Hall–Kier alpha value is -0.700. The molecule has 0 fully saturated rings. The molecule has 108 valence electrons. The van der Waals surface area contributed by atoms with Crippen LogP contribution in [0.25, 0.3) is 0 Å². The normalized spacial score (nSPS) is 15.2. The molecule has 0 bridgehead atoms. The zero-order chi connectivity index (χ0) is 14.7. The minimum absolute atomic E-state index is 0.286. The monoisotopic (exact) mass is 311 g/mol. The van der Waals surface area contributed by atoms with Gasteiger partial charge in [0.15, 0.2) is 0 Å². The van der Waals surface area contributed by atoms with Crippen LogP contribution in [0.3, 0.4) is 0 Å². The first kappa shape index (κ1) is 16.4. The van der Waals surface area contributed by atoms with Crippen LogP contribution in [0.15, 0.2) is 23.1 Å². The van der Waals surface area contributed by atoms with Crippen LogP contribution in [0.5, 0.6) is 0 Å². The van der Waals surface area contributed by atoms with Crippen molar-refractivity contribution in [2.45, 2.75) is 17.4 Å². The van der Waals surface area contributed by atoms with Crippen LogP contribution >= 0.6 is 11.8 Å². The van der Waals surface area contributed by atoms with Gasteiger partial charge < -0.3 is 5.11 Å². The molecular formula is C11H15F2NO3S2. The van der Waals surface area contributed by atoms with Crippen LogP contribution in [0.4, 0.5) is 8.78 Å². The highest BCUT2D eigenvalue weighted by atomic mass is 32.2. The van der Waals surface area contributed by atoms with E-state index in [0.29, 0.717) is 11.8 Å². The lowest BCUT2D eigenvalue weighted by Gasteiger charge is -2.22. The van der Waals surface area contributed by atoms with Gasteiger partial charge in [-0.05, 0) is 31.4 Å². The van der Waals surface area contributed by atoms with Crippen LogP contribution in [0, 0.1) is 11.6 Å². The van der Waals surface area contributed by atoms with Crippen molar-refractivity contribution in [1.82, 2.24) is 4.72 Å². The van der Waals surface area contributed by atoms with E-state index in [1.807, 2.05) is 0 Å². The Bertz CT molecular complexity index is 547. The molecule has 0 saturated carbocycles. The van der Waals surface area contributed by atoms with Gasteiger partial charge in [-0.25, -0.2) is 21.9 Å². The summed E-state index contributed by atoms with van der Waals surface area (Å²) >= 11 is 1.34. The molecule has 0 saturated heterocycles. The number of thioether (sulfide) groups is 1. The first-order chi connectivity index (χ1) is 8.68. The quantitative estimate of drug-likeness (QED) is 0.832. The third-order valence-corrected chi connectivity index (χ3v) is 4.61. The Kier molecular flexibility index (Phi) is 5.31. The summed E-state index contributed by atoms with van der Waals surface area (Å²) in [6, 6.07) is 2.17. The molecule has 0 heterocycles. The van der Waals surface area contributed by atoms with Crippen molar-refractivity contribution in [3.63, 3.8) is 0 Å². The van der Waals surface area contributed by atoms with Crippen LogP contribution in [-0.4, -0.2) is 37.7 Å². The molecule has 8 heteroatoms. The number of hydrogen-bond donors (Lipinski definition) is 2. The fraction of sp³-hybridized carbons (Fsp3) is 0.455. The summed E-state index contributed by atoms with van der Waals surface area (Å²) < 4.78 is 52.1. The topological polar surface area (TPSA) is 66.4 Å². The second-order valence-corrected chi connectivity index (χ2v) is 6.93. The molecule has 1 aromatic rings. The minimum Gasteiger partial charge on any atom is -0.388 e. The Morgan fingerprint density at radius 2 is 2.05 bits per heavy atom. The van der Waals surface area contributed by atoms with Crippen LogP contribution in [-0.2, 0) is 10.0 Å². The Labute approximate surface area is 115 Å². The first-order valence-corrected chi connectivity index (χ1v) is 8.22. The smallest absolute Gasteiger partial charge is 0.243 e. The van der Waals surface area contributed by atoms with Crippen LogP contribution < -0.4 is 4.72 Å². The molecule has 4 nitrogen and oxygen atoms in total. The maximum absolute atomic E-state index is 13.4. The highest BCUT2D eigenvalue weighted by Crippen LogP contribution is 2.17. The zero-order valence-corrected chi connectivity index (χ0v) is 12.1. The average molecular weight is 311 g/mol. The van der Waals surface area contributed by atoms with Crippen molar-refractivity contribution in [1.29, 1.82) is 0 Å². The first-order valence-electron chi connectivity index (χ1n) is 5.34. The predicted octanol–water partition coefficient (Wildman–Crippen LogP) is 1.36. The van der Waals surface area contributed by atoms with E-state index in [9.17, 15) is 22.3 Å². The van der Waals surface area contributed by atoms with Gasteiger partial charge in [0, 0.05) is 12.3 Å². The van der Waals surface area contributed by atoms with E-state index in [1.54, 1.807) is 6.26 Å².